The van der Waals surface area contributed by atoms with Gasteiger partial charge in [-0.2, -0.15) is 0 Å². The van der Waals surface area contributed by atoms with Crippen LogP contribution in [-0.2, 0) is 6.61 Å². The van der Waals surface area contributed by atoms with Crippen molar-refractivity contribution in [1.29, 1.82) is 0 Å². The number of methoxy groups -OCH3 is 1. The van der Waals surface area contributed by atoms with Crippen LogP contribution in [0.1, 0.15) is 27.0 Å². The van der Waals surface area contributed by atoms with Crippen LogP contribution in [0, 0.1) is 6.92 Å². The van der Waals surface area contributed by atoms with E-state index in [-0.39, 0.29) is 5.78 Å². The smallest absolute Gasteiger partial charge is 0.231 e. The van der Waals surface area contributed by atoms with Crippen molar-refractivity contribution >= 4 is 23.5 Å². The molecule has 0 saturated carbocycles. The second kappa shape index (κ2) is 8.02. The van der Waals surface area contributed by atoms with Gasteiger partial charge in [-0.15, -0.1) is 0 Å². The minimum Gasteiger partial charge on any atom is -0.497 e. The third kappa shape index (κ3) is 3.98. The maximum absolute atomic E-state index is 12.7. The van der Waals surface area contributed by atoms with Crippen LogP contribution in [0.2, 0.25) is 5.02 Å². The van der Waals surface area contributed by atoms with Gasteiger partial charge in [0, 0.05) is 10.6 Å². The molecule has 1 aliphatic heterocycles. The van der Waals surface area contributed by atoms with E-state index in [2.05, 4.69) is 0 Å². The first-order chi connectivity index (χ1) is 14.0. The maximum atomic E-state index is 12.7. The number of rotatable bonds is 5. The average Bonchev–Trinajstić information content (AvgIpc) is 3.04. The molecule has 0 N–H and O–H groups in total. The fraction of sp³-hybridized carbons (Fsp3) is 0.125. The average molecular weight is 407 g/mol. The Morgan fingerprint density at radius 1 is 1.07 bits per heavy atom. The Kier molecular flexibility index (Phi) is 5.28. The molecule has 0 radical (unpaired) electrons. The molecular formula is C24H19ClO4. The van der Waals surface area contributed by atoms with Gasteiger partial charge in [-0.25, -0.2) is 0 Å². The van der Waals surface area contributed by atoms with Crippen molar-refractivity contribution in [2.45, 2.75) is 13.5 Å². The molecule has 0 spiro atoms. The highest BCUT2D eigenvalue weighted by molar-refractivity contribution is 6.30. The zero-order valence-electron chi connectivity index (χ0n) is 16.1. The highest BCUT2D eigenvalue weighted by Gasteiger charge is 2.30. The van der Waals surface area contributed by atoms with Gasteiger partial charge in [0.2, 0.25) is 5.78 Å². The SMILES string of the molecule is COc1ccc(/C=C2\Oc3c(ccc(OCc4cccc(Cl)c4)c3C)C2=O)cc1. The third-order valence-electron chi connectivity index (χ3n) is 4.73. The minimum absolute atomic E-state index is 0.139. The molecule has 4 rings (SSSR count). The van der Waals surface area contributed by atoms with E-state index in [9.17, 15) is 4.79 Å². The number of halogens is 1. The number of hydrogen-bond donors (Lipinski definition) is 0. The first-order valence-corrected chi connectivity index (χ1v) is 9.52. The van der Waals surface area contributed by atoms with Crippen LogP contribution in [0.4, 0.5) is 0 Å². The first kappa shape index (κ1) is 19.1. The van der Waals surface area contributed by atoms with Crippen molar-refractivity contribution in [2.75, 3.05) is 7.11 Å². The Hall–Kier alpha value is -3.24. The molecule has 0 aromatic heterocycles. The van der Waals surface area contributed by atoms with E-state index >= 15 is 0 Å². The predicted molar refractivity (Wildman–Crippen MR) is 113 cm³/mol. The lowest BCUT2D eigenvalue weighted by atomic mass is 10.1. The molecule has 0 atom stereocenters. The number of benzene rings is 3. The Bertz CT molecular complexity index is 1100. The molecule has 1 heterocycles. The zero-order chi connectivity index (χ0) is 20.4. The van der Waals surface area contributed by atoms with Gasteiger partial charge in [-0.3, -0.25) is 4.79 Å². The normalized spacial score (nSPS) is 13.9. The van der Waals surface area contributed by atoms with Crippen LogP contribution in [0.5, 0.6) is 17.2 Å². The number of carbonyl (C=O) groups is 1. The van der Waals surface area contributed by atoms with Crippen LogP contribution in [0.3, 0.4) is 0 Å². The first-order valence-electron chi connectivity index (χ1n) is 9.14. The fourth-order valence-electron chi connectivity index (χ4n) is 3.16. The molecule has 0 aliphatic carbocycles. The number of Topliss-reactive ketones (excluding diaryl/α,β-unsaturated/α-hetero) is 1. The molecule has 3 aromatic carbocycles. The monoisotopic (exact) mass is 406 g/mol. The summed E-state index contributed by atoms with van der Waals surface area (Å²) >= 11 is 6.02. The fourth-order valence-corrected chi connectivity index (χ4v) is 3.38. The largest absolute Gasteiger partial charge is 0.497 e. The van der Waals surface area contributed by atoms with Crippen molar-refractivity contribution in [3.8, 4) is 17.2 Å². The lowest BCUT2D eigenvalue weighted by Crippen LogP contribution is -1.98. The van der Waals surface area contributed by atoms with Crippen molar-refractivity contribution in [3.63, 3.8) is 0 Å². The highest BCUT2D eigenvalue weighted by Crippen LogP contribution is 2.39. The molecule has 29 heavy (non-hydrogen) atoms. The Morgan fingerprint density at radius 3 is 2.59 bits per heavy atom. The van der Waals surface area contributed by atoms with Gasteiger partial charge in [0.15, 0.2) is 5.76 Å². The van der Waals surface area contributed by atoms with Crippen molar-refractivity contribution in [3.05, 3.63) is 93.7 Å². The van der Waals surface area contributed by atoms with Crippen LogP contribution >= 0.6 is 11.6 Å². The van der Waals surface area contributed by atoms with E-state index in [1.165, 1.54) is 0 Å². The van der Waals surface area contributed by atoms with Crippen LogP contribution < -0.4 is 14.2 Å². The standard InChI is InChI=1S/C24H19ClO4/c1-15-21(28-14-17-4-3-5-18(25)12-17)11-10-20-23(26)22(29-24(15)20)13-16-6-8-19(27-2)9-7-16/h3-13H,14H2,1-2H3/b22-13-. The number of carbonyl (C=O) groups excluding carboxylic acids is 1. The van der Waals surface area contributed by atoms with E-state index in [1.807, 2.05) is 55.5 Å². The molecule has 1 aliphatic rings. The van der Waals surface area contributed by atoms with Gasteiger partial charge >= 0.3 is 0 Å². The molecule has 5 heteroatoms. The van der Waals surface area contributed by atoms with Crippen LogP contribution in [0.15, 0.2) is 66.4 Å². The van der Waals surface area contributed by atoms with Crippen molar-refractivity contribution in [2.24, 2.45) is 0 Å². The summed E-state index contributed by atoms with van der Waals surface area (Å²) in [5.74, 6) is 2.12. The van der Waals surface area contributed by atoms with E-state index in [0.717, 1.165) is 22.4 Å². The molecule has 0 amide bonds. The summed E-state index contributed by atoms with van der Waals surface area (Å²) in [6.45, 7) is 2.26. The van der Waals surface area contributed by atoms with E-state index in [0.29, 0.717) is 34.5 Å². The number of fused-ring (bicyclic) bond motifs is 1. The molecule has 3 aromatic rings. The molecule has 0 unspecified atom stereocenters. The van der Waals surface area contributed by atoms with Gasteiger partial charge in [0.1, 0.15) is 23.9 Å². The number of hydrogen-bond acceptors (Lipinski definition) is 4. The number of ketones is 1. The lowest BCUT2D eigenvalue weighted by molar-refractivity contribution is 0.101. The van der Waals surface area contributed by atoms with Gasteiger partial charge in [-0.05, 0) is 60.5 Å². The maximum Gasteiger partial charge on any atom is 0.231 e. The summed E-state index contributed by atoms with van der Waals surface area (Å²) in [5.41, 5.74) is 3.15. The zero-order valence-corrected chi connectivity index (χ0v) is 16.8. The Labute approximate surface area is 174 Å². The lowest BCUT2D eigenvalue weighted by Gasteiger charge is -2.11. The van der Waals surface area contributed by atoms with E-state index in [4.69, 9.17) is 25.8 Å². The summed E-state index contributed by atoms with van der Waals surface area (Å²) in [7, 11) is 1.61. The topological polar surface area (TPSA) is 44.8 Å². The predicted octanol–water partition coefficient (Wildman–Crippen LogP) is 5.85. The second-order valence-corrected chi connectivity index (χ2v) is 7.13. The van der Waals surface area contributed by atoms with Gasteiger partial charge in [-0.1, -0.05) is 35.9 Å². The summed E-state index contributed by atoms with van der Waals surface area (Å²) < 4.78 is 17.0. The number of allylic oxidation sites excluding steroid dienone is 1. The molecule has 0 saturated heterocycles. The van der Waals surface area contributed by atoms with Gasteiger partial charge in [0.25, 0.3) is 0 Å². The van der Waals surface area contributed by atoms with Gasteiger partial charge in [0.05, 0.1) is 12.7 Å². The molecule has 146 valence electrons. The molecule has 4 nitrogen and oxygen atoms in total. The van der Waals surface area contributed by atoms with Crippen molar-refractivity contribution < 1.29 is 19.0 Å². The molecular weight excluding hydrogens is 388 g/mol. The minimum atomic E-state index is -0.139. The second-order valence-electron chi connectivity index (χ2n) is 6.70. The highest BCUT2D eigenvalue weighted by atomic mass is 35.5. The third-order valence-corrected chi connectivity index (χ3v) is 4.97. The Balaban J connectivity index is 1.55. The van der Waals surface area contributed by atoms with E-state index in [1.54, 1.807) is 25.3 Å². The summed E-state index contributed by atoms with van der Waals surface area (Å²) in [4.78, 5) is 12.7. The summed E-state index contributed by atoms with van der Waals surface area (Å²) in [6.07, 6.45) is 1.73. The summed E-state index contributed by atoms with van der Waals surface area (Å²) in [6, 6.07) is 18.5. The number of ether oxygens (including phenoxy) is 3. The molecule has 0 bridgehead atoms. The van der Waals surface area contributed by atoms with Gasteiger partial charge < -0.3 is 14.2 Å². The molecule has 0 fully saturated rings. The Morgan fingerprint density at radius 2 is 1.86 bits per heavy atom. The van der Waals surface area contributed by atoms with E-state index < -0.39 is 0 Å². The summed E-state index contributed by atoms with van der Waals surface area (Å²) in [5, 5.41) is 0.666. The van der Waals surface area contributed by atoms with Crippen LogP contribution in [-0.4, -0.2) is 12.9 Å². The quantitative estimate of drug-likeness (QED) is 0.498. The van der Waals surface area contributed by atoms with Crippen LogP contribution in [0.25, 0.3) is 6.08 Å². The van der Waals surface area contributed by atoms with Crippen molar-refractivity contribution in [1.82, 2.24) is 0 Å².